The second-order valence-corrected chi connectivity index (χ2v) is 9.53. The van der Waals surface area contributed by atoms with Gasteiger partial charge in [0.2, 0.25) is 0 Å². The smallest absolute Gasteiger partial charge is 0.150 e. The molecule has 5 nitrogen and oxygen atoms in total. The van der Waals surface area contributed by atoms with Crippen molar-refractivity contribution in [3.05, 3.63) is 90.7 Å². The van der Waals surface area contributed by atoms with Crippen LogP contribution in [0.5, 0.6) is 0 Å². The van der Waals surface area contributed by atoms with Crippen molar-refractivity contribution >= 4 is 17.2 Å². The molecule has 0 fully saturated rings. The summed E-state index contributed by atoms with van der Waals surface area (Å²) in [7, 11) is 0. The summed E-state index contributed by atoms with van der Waals surface area (Å²) in [4.78, 5) is 17.3. The number of para-hydroxylation sites is 1. The van der Waals surface area contributed by atoms with E-state index in [0.717, 1.165) is 60.2 Å². The average Bonchev–Trinajstić information content (AvgIpc) is 2.90. The van der Waals surface area contributed by atoms with Crippen LogP contribution in [0.1, 0.15) is 57.8 Å². The van der Waals surface area contributed by atoms with Gasteiger partial charge in [-0.05, 0) is 43.0 Å². The maximum Gasteiger partial charge on any atom is 0.150 e. The predicted octanol–water partition coefficient (Wildman–Crippen LogP) is 6.84. The van der Waals surface area contributed by atoms with Gasteiger partial charge in [0.1, 0.15) is 6.29 Å². The van der Waals surface area contributed by atoms with Crippen molar-refractivity contribution in [3.8, 4) is 11.1 Å². The maximum atomic E-state index is 10.7. The van der Waals surface area contributed by atoms with E-state index in [1.54, 1.807) is 6.20 Å². The van der Waals surface area contributed by atoms with Crippen molar-refractivity contribution < 1.29 is 4.79 Å². The molecule has 5 heteroatoms. The molecular weight excluding hydrogens is 456 g/mol. The first kappa shape index (κ1) is 31.9. The number of aromatic nitrogens is 1. The molecule has 2 aromatic carbocycles. The number of hydrogen-bond donors (Lipinski definition) is 2. The largest absolute Gasteiger partial charge is 0.328 e. The van der Waals surface area contributed by atoms with Gasteiger partial charge in [-0.3, -0.25) is 14.7 Å². The summed E-state index contributed by atoms with van der Waals surface area (Å²) in [5.74, 6) is 0.752. The van der Waals surface area contributed by atoms with Crippen LogP contribution in [0.2, 0.25) is 0 Å². The van der Waals surface area contributed by atoms with Crippen LogP contribution in [0.3, 0.4) is 0 Å². The van der Waals surface area contributed by atoms with E-state index in [9.17, 15) is 4.79 Å². The van der Waals surface area contributed by atoms with Crippen LogP contribution < -0.4 is 11.5 Å². The number of benzene rings is 2. The number of nitrogens with two attached hydrogens (primary N) is 2. The van der Waals surface area contributed by atoms with Crippen molar-refractivity contribution in [3.63, 3.8) is 0 Å². The molecule has 0 saturated carbocycles. The number of nitrogens with zero attached hydrogens (tertiary/aromatic N) is 2. The van der Waals surface area contributed by atoms with Gasteiger partial charge in [-0.15, -0.1) is 0 Å². The van der Waals surface area contributed by atoms with Crippen LogP contribution in [-0.4, -0.2) is 42.0 Å². The number of rotatable bonds is 10. The van der Waals surface area contributed by atoms with Crippen LogP contribution >= 0.6 is 0 Å². The van der Waals surface area contributed by atoms with E-state index in [2.05, 4.69) is 55.0 Å². The Morgan fingerprint density at radius 1 is 0.946 bits per heavy atom. The Morgan fingerprint density at radius 2 is 1.59 bits per heavy atom. The topological polar surface area (TPSA) is 85.2 Å². The SMILES string of the molecule is CC(C)N.CCN(CN)CC/C=C\C=C/CC(C)C.O=Cc1ccc(-c2cccc3cccnc23)cc1. The number of carbonyl (C=O) groups excluding carboxylic acids is 1. The molecule has 0 spiro atoms. The highest BCUT2D eigenvalue weighted by Gasteiger charge is 2.04. The third-order valence-corrected chi connectivity index (χ3v) is 5.30. The third-order valence-electron chi connectivity index (χ3n) is 5.30. The lowest BCUT2D eigenvalue weighted by Crippen LogP contribution is -2.30. The highest BCUT2D eigenvalue weighted by molar-refractivity contribution is 5.93. The zero-order chi connectivity index (χ0) is 27.5. The van der Waals surface area contributed by atoms with Crippen molar-refractivity contribution in [2.45, 2.75) is 53.5 Å². The number of allylic oxidation sites excluding steroid dienone is 3. The Labute approximate surface area is 224 Å². The minimum absolute atomic E-state index is 0.333. The maximum absolute atomic E-state index is 10.7. The molecule has 37 heavy (non-hydrogen) atoms. The third kappa shape index (κ3) is 13.7. The van der Waals surface area contributed by atoms with Gasteiger partial charge >= 0.3 is 0 Å². The van der Waals surface area contributed by atoms with E-state index in [4.69, 9.17) is 11.5 Å². The summed E-state index contributed by atoms with van der Waals surface area (Å²) in [5.41, 5.74) is 14.5. The highest BCUT2D eigenvalue weighted by Crippen LogP contribution is 2.26. The molecule has 0 aliphatic carbocycles. The van der Waals surface area contributed by atoms with Gasteiger partial charge in [-0.25, -0.2) is 0 Å². The monoisotopic (exact) mass is 502 g/mol. The Hall–Kier alpha value is -3.12. The molecular formula is C32H46N4O. The molecule has 3 aromatic rings. The van der Waals surface area contributed by atoms with Crippen LogP contribution in [0.15, 0.2) is 85.1 Å². The van der Waals surface area contributed by atoms with Gasteiger partial charge in [0, 0.05) is 35.9 Å². The predicted molar refractivity (Wildman–Crippen MR) is 161 cm³/mol. The Balaban J connectivity index is 0.000000329. The quantitative estimate of drug-likeness (QED) is 0.180. The fourth-order valence-electron chi connectivity index (χ4n) is 3.32. The molecule has 0 radical (unpaired) electrons. The summed E-state index contributed by atoms with van der Waals surface area (Å²) < 4.78 is 0. The van der Waals surface area contributed by atoms with Gasteiger partial charge in [-0.1, -0.05) is 107 Å². The number of carbonyl (C=O) groups is 1. The number of aldehydes is 1. The molecule has 0 bridgehead atoms. The first-order chi connectivity index (χ1) is 17.8. The first-order valence-corrected chi connectivity index (χ1v) is 13.2. The summed E-state index contributed by atoms with van der Waals surface area (Å²) in [6.07, 6.45) is 13.6. The number of pyridine rings is 1. The second-order valence-electron chi connectivity index (χ2n) is 9.53. The minimum Gasteiger partial charge on any atom is -0.328 e. The van der Waals surface area contributed by atoms with E-state index in [1.807, 2.05) is 68.4 Å². The van der Waals surface area contributed by atoms with E-state index in [-0.39, 0.29) is 0 Å². The van der Waals surface area contributed by atoms with Crippen LogP contribution in [-0.2, 0) is 0 Å². The molecule has 1 heterocycles. The van der Waals surface area contributed by atoms with Crippen molar-refractivity contribution in [1.82, 2.24) is 9.88 Å². The summed E-state index contributed by atoms with van der Waals surface area (Å²) in [5, 5.41) is 1.12. The van der Waals surface area contributed by atoms with Gasteiger partial charge in [-0.2, -0.15) is 0 Å². The molecule has 0 atom stereocenters. The molecule has 0 amide bonds. The molecule has 0 aliphatic rings. The van der Waals surface area contributed by atoms with Crippen LogP contribution in [0.25, 0.3) is 22.0 Å². The Kier molecular flexibility index (Phi) is 16.4. The van der Waals surface area contributed by atoms with Gasteiger partial charge in [0.25, 0.3) is 0 Å². The summed E-state index contributed by atoms with van der Waals surface area (Å²) in [6.45, 7) is 13.2. The summed E-state index contributed by atoms with van der Waals surface area (Å²) in [6, 6.07) is 18.0. The van der Waals surface area contributed by atoms with E-state index in [1.165, 1.54) is 0 Å². The second kappa shape index (κ2) is 19.1. The van der Waals surface area contributed by atoms with Gasteiger partial charge < -0.3 is 11.5 Å². The molecule has 0 saturated heterocycles. The van der Waals surface area contributed by atoms with Crippen molar-refractivity contribution in [2.24, 2.45) is 17.4 Å². The van der Waals surface area contributed by atoms with Crippen LogP contribution in [0, 0.1) is 5.92 Å². The lowest BCUT2D eigenvalue weighted by molar-refractivity contribution is 0.112. The number of hydrogen-bond acceptors (Lipinski definition) is 5. The highest BCUT2D eigenvalue weighted by atomic mass is 16.1. The summed E-state index contributed by atoms with van der Waals surface area (Å²) >= 11 is 0. The average molecular weight is 503 g/mol. The Bertz CT molecular complexity index is 1060. The number of fused-ring (bicyclic) bond motifs is 1. The van der Waals surface area contributed by atoms with Crippen molar-refractivity contribution in [2.75, 3.05) is 19.8 Å². The zero-order valence-electron chi connectivity index (χ0n) is 23.3. The zero-order valence-corrected chi connectivity index (χ0v) is 23.3. The normalized spacial score (nSPS) is 11.2. The first-order valence-electron chi connectivity index (χ1n) is 13.2. The van der Waals surface area contributed by atoms with E-state index in [0.29, 0.717) is 18.3 Å². The minimum atomic E-state index is 0.333. The fraction of sp³-hybridized carbons (Fsp3) is 0.375. The molecule has 1 aromatic heterocycles. The van der Waals surface area contributed by atoms with Crippen molar-refractivity contribution in [1.29, 1.82) is 0 Å². The van der Waals surface area contributed by atoms with Gasteiger partial charge in [0.05, 0.1) is 5.52 Å². The molecule has 200 valence electrons. The molecule has 4 N–H and O–H groups in total. The molecule has 3 rings (SSSR count). The molecule has 0 unspecified atom stereocenters. The Morgan fingerprint density at radius 3 is 2.19 bits per heavy atom. The van der Waals surface area contributed by atoms with E-state index < -0.39 is 0 Å². The van der Waals surface area contributed by atoms with Gasteiger partial charge in [0.15, 0.2) is 0 Å². The fourth-order valence-corrected chi connectivity index (χ4v) is 3.32. The lowest BCUT2D eigenvalue weighted by Gasteiger charge is -2.15. The molecule has 0 aliphatic heterocycles. The van der Waals surface area contributed by atoms with Crippen LogP contribution in [0.4, 0.5) is 0 Å². The standard InChI is InChI=1S/C16H11NO.C13H26N2.C3H9N/c18-11-12-6-8-13(9-7-12)15-5-1-3-14-4-2-10-17-16(14)15;1-4-15(12-14)11-9-7-5-6-8-10-13(2)3;1-3(2)4/h1-11H;5-8,13H,4,9-12,14H2,1-3H3;3H,4H2,1-2H3/b;7-5-,8-6-;. The lowest BCUT2D eigenvalue weighted by atomic mass is 10.0. The van der Waals surface area contributed by atoms with E-state index >= 15 is 0 Å².